The zero-order valence-corrected chi connectivity index (χ0v) is 11.8. The normalized spacial score (nSPS) is 12.2. The van der Waals surface area contributed by atoms with Crippen molar-refractivity contribution in [1.82, 2.24) is 9.78 Å². The molecule has 0 saturated heterocycles. The van der Waals surface area contributed by atoms with Crippen LogP contribution in [-0.2, 0) is 0 Å². The molecule has 17 heavy (non-hydrogen) atoms. The minimum Gasteiger partial charge on any atom is -0.396 e. The number of rotatable bonds is 5. The van der Waals surface area contributed by atoms with E-state index in [2.05, 4.69) is 31.2 Å². The molecule has 4 heteroatoms. The van der Waals surface area contributed by atoms with Crippen molar-refractivity contribution < 1.29 is 5.11 Å². The molecule has 0 atom stereocenters. The number of nitrogens with zero attached hydrogens (tertiary/aromatic N) is 2. The van der Waals surface area contributed by atoms with E-state index in [9.17, 15) is 5.11 Å². The third-order valence-electron chi connectivity index (χ3n) is 2.99. The second-order valence-electron chi connectivity index (χ2n) is 5.76. The summed E-state index contributed by atoms with van der Waals surface area (Å²) in [6, 6.07) is 0.370. The summed E-state index contributed by atoms with van der Waals surface area (Å²) in [6.07, 6.45) is 0. The van der Waals surface area contributed by atoms with Crippen molar-refractivity contribution in [3.63, 3.8) is 0 Å². The van der Waals surface area contributed by atoms with E-state index in [4.69, 9.17) is 0 Å². The molecule has 1 aromatic rings. The van der Waals surface area contributed by atoms with Crippen LogP contribution in [0.3, 0.4) is 0 Å². The van der Waals surface area contributed by atoms with E-state index >= 15 is 0 Å². The van der Waals surface area contributed by atoms with Crippen molar-refractivity contribution in [2.24, 2.45) is 5.41 Å². The van der Waals surface area contributed by atoms with E-state index in [0.29, 0.717) is 6.04 Å². The lowest BCUT2D eigenvalue weighted by Crippen LogP contribution is -2.27. The van der Waals surface area contributed by atoms with Crippen LogP contribution >= 0.6 is 0 Å². The van der Waals surface area contributed by atoms with Crippen molar-refractivity contribution in [2.75, 3.05) is 18.5 Å². The molecule has 2 N–H and O–H groups in total. The number of anilines is 1. The number of aliphatic hydroxyl groups is 1. The van der Waals surface area contributed by atoms with Gasteiger partial charge >= 0.3 is 0 Å². The number of aromatic nitrogens is 2. The Balaban J connectivity index is 2.85. The maximum atomic E-state index is 9.24. The summed E-state index contributed by atoms with van der Waals surface area (Å²) in [7, 11) is 0. The van der Waals surface area contributed by atoms with Gasteiger partial charge in [-0.15, -0.1) is 0 Å². The average molecular weight is 239 g/mol. The van der Waals surface area contributed by atoms with Crippen LogP contribution in [-0.4, -0.2) is 28.0 Å². The van der Waals surface area contributed by atoms with Gasteiger partial charge in [-0.1, -0.05) is 13.8 Å². The first kappa shape index (κ1) is 14.0. The van der Waals surface area contributed by atoms with Crippen LogP contribution < -0.4 is 5.32 Å². The first-order valence-corrected chi connectivity index (χ1v) is 6.19. The summed E-state index contributed by atoms with van der Waals surface area (Å²) in [6.45, 7) is 13.3. The monoisotopic (exact) mass is 239 g/mol. The van der Waals surface area contributed by atoms with Gasteiger partial charge in [-0.2, -0.15) is 5.10 Å². The lowest BCUT2D eigenvalue weighted by atomic mass is 9.95. The fraction of sp³-hybridized carbons (Fsp3) is 0.769. The summed E-state index contributed by atoms with van der Waals surface area (Å²) in [5.41, 5.74) is 3.16. The quantitative estimate of drug-likeness (QED) is 0.830. The topological polar surface area (TPSA) is 50.1 Å². The summed E-state index contributed by atoms with van der Waals surface area (Å²) in [5.74, 6) is 0. The predicted octanol–water partition coefficient (Wildman–Crippen LogP) is 2.51. The van der Waals surface area contributed by atoms with Gasteiger partial charge in [-0.05, 0) is 27.7 Å². The minimum atomic E-state index is -0.112. The average Bonchev–Trinajstić information content (AvgIpc) is 2.52. The third kappa shape index (κ3) is 3.22. The van der Waals surface area contributed by atoms with Crippen molar-refractivity contribution >= 4 is 5.69 Å². The Morgan fingerprint density at radius 3 is 2.35 bits per heavy atom. The Morgan fingerprint density at radius 1 is 1.35 bits per heavy atom. The van der Waals surface area contributed by atoms with Gasteiger partial charge in [0.05, 0.1) is 17.1 Å². The largest absolute Gasteiger partial charge is 0.396 e. The molecule has 0 amide bonds. The van der Waals surface area contributed by atoms with Crippen LogP contribution in [0.4, 0.5) is 5.69 Å². The standard InChI is InChI=1S/C13H25N3O/c1-9(2)16-11(4)12(10(3)15-16)14-7-13(5,6)8-17/h9,14,17H,7-8H2,1-6H3. The molecular weight excluding hydrogens is 214 g/mol. The molecule has 0 aromatic carbocycles. The lowest BCUT2D eigenvalue weighted by molar-refractivity contribution is 0.171. The SMILES string of the molecule is Cc1nn(C(C)C)c(C)c1NCC(C)(C)CO. The lowest BCUT2D eigenvalue weighted by Gasteiger charge is -2.22. The second kappa shape index (κ2) is 5.08. The van der Waals surface area contributed by atoms with Crippen LogP contribution in [0.5, 0.6) is 0 Å². The molecule has 0 unspecified atom stereocenters. The van der Waals surface area contributed by atoms with E-state index in [1.165, 1.54) is 0 Å². The van der Waals surface area contributed by atoms with Gasteiger partial charge in [0.25, 0.3) is 0 Å². The molecule has 0 spiro atoms. The molecule has 0 aliphatic heterocycles. The number of hydrogen-bond acceptors (Lipinski definition) is 3. The molecular formula is C13H25N3O. The zero-order valence-electron chi connectivity index (χ0n) is 11.8. The molecule has 0 saturated carbocycles. The smallest absolute Gasteiger partial charge is 0.0828 e. The number of nitrogens with one attached hydrogen (secondary N) is 1. The van der Waals surface area contributed by atoms with Gasteiger partial charge in [-0.3, -0.25) is 4.68 Å². The molecule has 98 valence electrons. The molecule has 1 heterocycles. The predicted molar refractivity (Wildman–Crippen MR) is 71.4 cm³/mol. The fourth-order valence-corrected chi connectivity index (χ4v) is 1.81. The van der Waals surface area contributed by atoms with Gasteiger partial charge in [0.2, 0.25) is 0 Å². The second-order valence-corrected chi connectivity index (χ2v) is 5.76. The van der Waals surface area contributed by atoms with E-state index in [-0.39, 0.29) is 12.0 Å². The van der Waals surface area contributed by atoms with Gasteiger partial charge in [0, 0.05) is 24.6 Å². The molecule has 1 aromatic heterocycles. The highest BCUT2D eigenvalue weighted by atomic mass is 16.3. The number of hydrogen-bond donors (Lipinski definition) is 2. The summed E-state index contributed by atoms with van der Waals surface area (Å²) >= 11 is 0. The summed E-state index contributed by atoms with van der Waals surface area (Å²) in [4.78, 5) is 0. The third-order valence-corrected chi connectivity index (χ3v) is 2.99. The van der Waals surface area contributed by atoms with E-state index in [1.807, 2.05) is 25.5 Å². The van der Waals surface area contributed by atoms with Crippen molar-refractivity contribution in [1.29, 1.82) is 0 Å². The molecule has 0 radical (unpaired) electrons. The van der Waals surface area contributed by atoms with E-state index in [1.54, 1.807) is 0 Å². The first-order chi connectivity index (χ1) is 7.78. The Kier molecular flexibility index (Phi) is 4.20. The van der Waals surface area contributed by atoms with Gasteiger partial charge in [0.15, 0.2) is 0 Å². The van der Waals surface area contributed by atoms with Crippen LogP contribution in [0.1, 0.15) is 45.1 Å². The van der Waals surface area contributed by atoms with Gasteiger partial charge < -0.3 is 10.4 Å². The van der Waals surface area contributed by atoms with Crippen LogP contribution in [0.15, 0.2) is 0 Å². The van der Waals surface area contributed by atoms with E-state index in [0.717, 1.165) is 23.6 Å². The van der Waals surface area contributed by atoms with Crippen molar-refractivity contribution in [3.05, 3.63) is 11.4 Å². The molecule has 1 rings (SSSR count). The van der Waals surface area contributed by atoms with Crippen molar-refractivity contribution in [3.8, 4) is 0 Å². The van der Waals surface area contributed by atoms with Crippen molar-refractivity contribution in [2.45, 2.75) is 47.6 Å². The maximum absolute atomic E-state index is 9.24. The van der Waals surface area contributed by atoms with Crippen LogP contribution in [0.25, 0.3) is 0 Å². The zero-order chi connectivity index (χ0) is 13.2. The van der Waals surface area contributed by atoms with Crippen LogP contribution in [0.2, 0.25) is 0 Å². The highest BCUT2D eigenvalue weighted by molar-refractivity contribution is 5.52. The number of aryl methyl sites for hydroxylation is 1. The highest BCUT2D eigenvalue weighted by Gasteiger charge is 2.19. The fourth-order valence-electron chi connectivity index (χ4n) is 1.81. The molecule has 4 nitrogen and oxygen atoms in total. The summed E-state index contributed by atoms with van der Waals surface area (Å²) in [5, 5.41) is 17.2. The molecule has 0 fully saturated rings. The molecule has 0 bridgehead atoms. The first-order valence-electron chi connectivity index (χ1n) is 6.19. The highest BCUT2D eigenvalue weighted by Crippen LogP contribution is 2.24. The Bertz CT molecular complexity index is 380. The van der Waals surface area contributed by atoms with Gasteiger partial charge in [-0.25, -0.2) is 0 Å². The Morgan fingerprint density at radius 2 is 1.94 bits per heavy atom. The molecule has 0 aliphatic rings. The minimum absolute atomic E-state index is 0.112. The molecule has 0 aliphatic carbocycles. The maximum Gasteiger partial charge on any atom is 0.0828 e. The van der Waals surface area contributed by atoms with Gasteiger partial charge in [0.1, 0.15) is 0 Å². The summed E-state index contributed by atoms with van der Waals surface area (Å²) < 4.78 is 2.03. The Hall–Kier alpha value is -1.03. The number of aliphatic hydroxyl groups excluding tert-OH is 1. The van der Waals surface area contributed by atoms with E-state index < -0.39 is 0 Å². The van der Waals surface area contributed by atoms with Crippen LogP contribution in [0, 0.1) is 19.3 Å². The Labute approximate surface area is 104 Å².